The minimum atomic E-state index is -0.403. The van der Waals surface area contributed by atoms with Gasteiger partial charge in [-0.2, -0.15) is 0 Å². The highest BCUT2D eigenvalue weighted by Crippen LogP contribution is 2.08. The van der Waals surface area contributed by atoms with Gasteiger partial charge in [-0.05, 0) is 38.1 Å². The minimum Gasteiger partial charge on any atom is -0.344 e. The Balaban J connectivity index is 2.15. The van der Waals surface area contributed by atoms with E-state index in [-0.39, 0.29) is 17.2 Å². The Morgan fingerprint density at radius 1 is 1.32 bits per heavy atom. The molecular weight excluding hydrogens is 242 g/mol. The van der Waals surface area contributed by atoms with E-state index in [0.717, 1.165) is 11.4 Å². The molecule has 2 rings (SSSR count). The number of rotatable bonds is 3. The molecule has 1 atom stereocenters. The number of carbonyl (C=O) groups is 1. The molecule has 0 unspecified atom stereocenters. The molecule has 2 heterocycles. The van der Waals surface area contributed by atoms with Gasteiger partial charge in [0.15, 0.2) is 0 Å². The first kappa shape index (κ1) is 13.0. The van der Waals surface area contributed by atoms with Crippen molar-refractivity contribution in [3.63, 3.8) is 0 Å². The topological polar surface area (TPSA) is 74.8 Å². The van der Waals surface area contributed by atoms with Crippen molar-refractivity contribution in [3.8, 4) is 0 Å². The van der Waals surface area contributed by atoms with Crippen LogP contribution in [0.5, 0.6) is 0 Å². The van der Waals surface area contributed by atoms with Crippen LogP contribution in [-0.2, 0) is 0 Å². The van der Waals surface area contributed by atoms with E-state index in [9.17, 15) is 9.59 Å². The van der Waals surface area contributed by atoms with Crippen LogP contribution in [0.25, 0.3) is 0 Å². The van der Waals surface area contributed by atoms with Crippen molar-refractivity contribution in [3.05, 3.63) is 63.8 Å². The summed E-state index contributed by atoms with van der Waals surface area (Å²) >= 11 is 0. The van der Waals surface area contributed by atoms with Gasteiger partial charge < -0.3 is 10.3 Å². The summed E-state index contributed by atoms with van der Waals surface area (Å²) in [5.74, 6) is -0.403. The van der Waals surface area contributed by atoms with Crippen molar-refractivity contribution in [2.24, 2.45) is 0 Å². The molecule has 0 bridgehead atoms. The number of pyridine rings is 2. The highest BCUT2D eigenvalue weighted by Gasteiger charge is 2.14. The number of hydrogen-bond acceptors (Lipinski definition) is 3. The predicted molar refractivity (Wildman–Crippen MR) is 71.9 cm³/mol. The lowest BCUT2D eigenvalue weighted by atomic mass is 10.2. The van der Waals surface area contributed by atoms with Gasteiger partial charge in [-0.25, -0.2) is 0 Å². The number of amides is 1. The lowest BCUT2D eigenvalue weighted by Gasteiger charge is -2.12. The molecule has 98 valence electrons. The van der Waals surface area contributed by atoms with Crippen LogP contribution in [0.4, 0.5) is 0 Å². The van der Waals surface area contributed by atoms with E-state index in [1.165, 1.54) is 6.07 Å². The third-order valence-corrected chi connectivity index (χ3v) is 2.78. The molecule has 0 fully saturated rings. The van der Waals surface area contributed by atoms with E-state index in [2.05, 4.69) is 15.3 Å². The first-order valence-electron chi connectivity index (χ1n) is 5.99. The molecule has 0 saturated carbocycles. The maximum absolute atomic E-state index is 12.0. The zero-order valence-corrected chi connectivity index (χ0v) is 10.8. The van der Waals surface area contributed by atoms with Gasteiger partial charge in [0.1, 0.15) is 5.56 Å². The van der Waals surface area contributed by atoms with Crippen molar-refractivity contribution >= 4 is 5.91 Å². The number of hydrogen-bond donors (Lipinski definition) is 2. The molecule has 0 saturated heterocycles. The van der Waals surface area contributed by atoms with Gasteiger partial charge in [0.2, 0.25) is 0 Å². The Bertz CT molecular complexity index is 635. The van der Waals surface area contributed by atoms with Crippen LogP contribution in [-0.4, -0.2) is 15.9 Å². The van der Waals surface area contributed by atoms with Gasteiger partial charge in [-0.15, -0.1) is 0 Å². The van der Waals surface area contributed by atoms with E-state index in [1.807, 2.05) is 25.1 Å². The molecule has 5 heteroatoms. The first-order chi connectivity index (χ1) is 9.08. The minimum absolute atomic E-state index is 0.105. The van der Waals surface area contributed by atoms with Crippen molar-refractivity contribution < 1.29 is 4.79 Å². The van der Waals surface area contributed by atoms with Gasteiger partial charge in [0, 0.05) is 11.9 Å². The standard InChI is InChI=1S/C14H15N3O2/c1-9-6-7-11(13(18)16-9)14(19)17-10(2)12-5-3-4-8-15-12/h3-8,10H,1-2H3,(H,16,18)(H,17,19)/t10-/m0/s1. The normalized spacial score (nSPS) is 11.9. The Kier molecular flexibility index (Phi) is 3.75. The number of nitrogens with zero attached hydrogens (tertiary/aromatic N) is 1. The highest BCUT2D eigenvalue weighted by molar-refractivity contribution is 5.94. The number of carbonyl (C=O) groups excluding carboxylic acids is 1. The van der Waals surface area contributed by atoms with Gasteiger partial charge in [-0.1, -0.05) is 6.07 Å². The molecule has 19 heavy (non-hydrogen) atoms. The summed E-state index contributed by atoms with van der Waals surface area (Å²) in [5, 5.41) is 2.75. The lowest BCUT2D eigenvalue weighted by Crippen LogP contribution is -2.32. The monoisotopic (exact) mass is 257 g/mol. The van der Waals surface area contributed by atoms with Crippen molar-refractivity contribution in [1.82, 2.24) is 15.3 Å². The fourth-order valence-corrected chi connectivity index (χ4v) is 1.73. The third-order valence-electron chi connectivity index (χ3n) is 2.78. The van der Waals surface area contributed by atoms with E-state index in [0.29, 0.717) is 0 Å². The number of nitrogens with one attached hydrogen (secondary N) is 2. The number of H-pyrrole nitrogens is 1. The highest BCUT2D eigenvalue weighted by atomic mass is 16.2. The SMILES string of the molecule is Cc1ccc(C(=O)N[C@@H](C)c2ccccn2)c(=O)[nH]1. The van der Waals surface area contributed by atoms with E-state index in [4.69, 9.17) is 0 Å². The average Bonchev–Trinajstić information content (AvgIpc) is 2.39. The van der Waals surface area contributed by atoms with Crippen molar-refractivity contribution in [1.29, 1.82) is 0 Å². The van der Waals surface area contributed by atoms with Crippen LogP contribution >= 0.6 is 0 Å². The number of aryl methyl sites for hydroxylation is 1. The molecule has 0 aliphatic heterocycles. The second-order valence-corrected chi connectivity index (χ2v) is 4.33. The van der Waals surface area contributed by atoms with E-state index < -0.39 is 5.91 Å². The molecule has 0 spiro atoms. The number of aromatic amines is 1. The number of aromatic nitrogens is 2. The maximum Gasteiger partial charge on any atom is 0.260 e. The summed E-state index contributed by atoms with van der Waals surface area (Å²) in [6, 6.07) is 8.45. The summed E-state index contributed by atoms with van der Waals surface area (Å²) in [7, 11) is 0. The summed E-state index contributed by atoms with van der Waals surface area (Å²) in [4.78, 5) is 30.4. The van der Waals surface area contributed by atoms with Crippen LogP contribution in [0.2, 0.25) is 0 Å². The smallest absolute Gasteiger partial charge is 0.260 e. The van der Waals surface area contributed by atoms with E-state index in [1.54, 1.807) is 19.2 Å². The average molecular weight is 257 g/mol. The first-order valence-corrected chi connectivity index (χ1v) is 5.99. The van der Waals surface area contributed by atoms with Gasteiger partial charge in [-0.3, -0.25) is 14.6 Å². The van der Waals surface area contributed by atoms with Crippen LogP contribution in [0.15, 0.2) is 41.3 Å². The van der Waals surface area contributed by atoms with Gasteiger partial charge in [0.25, 0.3) is 11.5 Å². The van der Waals surface area contributed by atoms with Crippen molar-refractivity contribution in [2.45, 2.75) is 19.9 Å². The van der Waals surface area contributed by atoms with Gasteiger partial charge >= 0.3 is 0 Å². The summed E-state index contributed by atoms with van der Waals surface area (Å²) in [5.41, 5.74) is 1.19. The second kappa shape index (κ2) is 5.48. The summed E-state index contributed by atoms with van der Waals surface area (Å²) in [6.07, 6.45) is 1.66. The summed E-state index contributed by atoms with van der Waals surface area (Å²) in [6.45, 7) is 3.59. The fourth-order valence-electron chi connectivity index (χ4n) is 1.73. The zero-order valence-electron chi connectivity index (χ0n) is 10.8. The van der Waals surface area contributed by atoms with Crippen LogP contribution in [0.3, 0.4) is 0 Å². The molecule has 0 aliphatic rings. The molecule has 1 amide bonds. The molecule has 2 aromatic rings. The third kappa shape index (κ3) is 3.07. The quantitative estimate of drug-likeness (QED) is 0.876. The Morgan fingerprint density at radius 2 is 2.11 bits per heavy atom. The molecule has 0 aliphatic carbocycles. The molecule has 5 nitrogen and oxygen atoms in total. The largest absolute Gasteiger partial charge is 0.344 e. The molecule has 0 radical (unpaired) electrons. The molecule has 2 aromatic heterocycles. The van der Waals surface area contributed by atoms with E-state index >= 15 is 0 Å². The van der Waals surface area contributed by atoms with Crippen LogP contribution < -0.4 is 10.9 Å². The predicted octanol–water partition coefficient (Wildman–Crippen LogP) is 1.57. The Morgan fingerprint density at radius 3 is 2.74 bits per heavy atom. The maximum atomic E-state index is 12.0. The Hall–Kier alpha value is -2.43. The lowest BCUT2D eigenvalue weighted by molar-refractivity contribution is 0.0937. The fraction of sp³-hybridized carbons (Fsp3) is 0.214. The second-order valence-electron chi connectivity index (χ2n) is 4.33. The van der Waals surface area contributed by atoms with Crippen LogP contribution in [0.1, 0.15) is 34.7 Å². The summed E-state index contributed by atoms with van der Waals surface area (Å²) < 4.78 is 0. The van der Waals surface area contributed by atoms with Gasteiger partial charge in [0.05, 0.1) is 11.7 Å². The zero-order chi connectivity index (χ0) is 13.8. The molecule has 2 N–H and O–H groups in total. The van der Waals surface area contributed by atoms with Crippen molar-refractivity contribution in [2.75, 3.05) is 0 Å². The molecular formula is C14H15N3O2. The molecule has 0 aromatic carbocycles. The van der Waals surface area contributed by atoms with Crippen LogP contribution in [0, 0.1) is 6.92 Å². The Labute approximate surface area is 110 Å².